The summed E-state index contributed by atoms with van der Waals surface area (Å²) in [4.78, 5) is 11.7. The van der Waals surface area contributed by atoms with E-state index >= 15 is 0 Å². The molecule has 1 aliphatic heterocycles. The van der Waals surface area contributed by atoms with Crippen LogP contribution in [-0.2, 0) is 9.53 Å². The zero-order valence-electron chi connectivity index (χ0n) is 9.63. The second-order valence-electron chi connectivity index (χ2n) is 4.01. The molecule has 4 nitrogen and oxygen atoms in total. The third kappa shape index (κ3) is 2.74. The molecule has 2 rings (SSSR count). The largest absolute Gasteiger partial charge is 0.385 e. The summed E-state index contributed by atoms with van der Waals surface area (Å²) in [5.41, 5.74) is 1.26. The van der Waals surface area contributed by atoms with Gasteiger partial charge < -0.3 is 15.4 Å². The Balaban J connectivity index is 2.05. The molecule has 0 radical (unpaired) electrons. The molecule has 5 heteroatoms. The highest BCUT2D eigenvalue weighted by molar-refractivity contribution is 6.02. The minimum absolute atomic E-state index is 0.126. The average molecular weight is 238 g/mol. The fourth-order valence-corrected chi connectivity index (χ4v) is 1.85. The minimum atomic E-state index is -0.358. The number of methoxy groups -OCH3 is 1. The van der Waals surface area contributed by atoms with Crippen LogP contribution in [0, 0.1) is 5.82 Å². The standard InChI is InChI=1S/C12H15FN2O2/c1-17-6-2-3-10-12(16)15-11-7-8(13)4-5-9(11)14-10/h4-5,7,10,14H,2-3,6H2,1H3,(H,15,16). The third-order valence-electron chi connectivity index (χ3n) is 2.73. The van der Waals surface area contributed by atoms with Crippen LogP contribution in [-0.4, -0.2) is 25.7 Å². The van der Waals surface area contributed by atoms with Crippen molar-refractivity contribution in [1.82, 2.24) is 0 Å². The summed E-state index contributed by atoms with van der Waals surface area (Å²) in [6, 6.07) is 4.04. The molecule has 0 saturated carbocycles. The highest BCUT2D eigenvalue weighted by Gasteiger charge is 2.24. The number of hydrogen-bond donors (Lipinski definition) is 2. The number of nitrogens with one attached hydrogen (secondary N) is 2. The molecule has 1 amide bonds. The van der Waals surface area contributed by atoms with Crippen molar-refractivity contribution in [3.63, 3.8) is 0 Å². The smallest absolute Gasteiger partial charge is 0.246 e. The molecule has 0 spiro atoms. The Labute approximate surface area is 99.2 Å². The predicted molar refractivity (Wildman–Crippen MR) is 63.6 cm³/mol. The van der Waals surface area contributed by atoms with Crippen LogP contribution in [0.1, 0.15) is 12.8 Å². The highest BCUT2D eigenvalue weighted by Crippen LogP contribution is 2.28. The van der Waals surface area contributed by atoms with E-state index < -0.39 is 0 Å². The first-order valence-electron chi connectivity index (χ1n) is 5.56. The molecule has 1 aromatic carbocycles. The number of halogens is 1. The molecule has 0 fully saturated rings. The monoisotopic (exact) mass is 238 g/mol. The van der Waals surface area contributed by atoms with E-state index in [1.165, 1.54) is 12.1 Å². The number of rotatable bonds is 4. The van der Waals surface area contributed by atoms with E-state index in [0.29, 0.717) is 18.7 Å². The number of carbonyl (C=O) groups excluding carboxylic acids is 1. The average Bonchev–Trinajstić information content (AvgIpc) is 2.30. The van der Waals surface area contributed by atoms with Crippen molar-refractivity contribution in [1.29, 1.82) is 0 Å². The zero-order chi connectivity index (χ0) is 12.3. The summed E-state index contributed by atoms with van der Waals surface area (Å²) in [6.45, 7) is 0.627. The molecule has 17 heavy (non-hydrogen) atoms. The van der Waals surface area contributed by atoms with Crippen LogP contribution in [0.2, 0.25) is 0 Å². The Morgan fingerprint density at radius 2 is 2.24 bits per heavy atom. The Morgan fingerprint density at radius 1 is 1.41 bits per heavy atom. The van der Waals surface area contributed by atoms with Crippen molar-refractivity contribution in [2.75, 3.05) is 24.4 Å². The first-order chi connectivity index (χ1) is 8.20. The van der Waals surface area contributed by atoms with Crippen LogP contribution in [0.15, 0.2) is 18.2 Å². The van der Waals surface area contributed by atoms with Gasteiger partial charge in [-0.2, -0.15) is 0 Å². The van der Waals surface area contributed by atoms with Gasteiger partial charge in [-0.25, -0.2) is 4.39 Å². The SMILES string of the molecule is COCCCC1Nc2ccc(F)cc2NC1=O. The van der Waals surface area contributed by atoms with Gasteiger partial charge in [0.05, 0.1) is 11.4 Å². The fourth-order valence-electron chi connectivity index (χ4n) is 1.85. The summed E-state index contributed by atoms with van der Waals surface area (Å²) in [7, 11) is 1.63. The lowest BCUT2D eigenvalue weighted by molar-refractivity contribution is -0.117. The lowest BCUT2D eigenvalue weighted by Gasteiger charge is -2.26. The first-order valence-corrected chi connectivity index (χ1v) is 5.56. The van der Waals surface area contributed by atoms with Crippen molar-refractivity contribution in [2.24, 2.45) is 0 Å². The van der Waals surface area contributed by atoms with Gasteiger partial charge in [0.2, 0.25) is 5.91 Å². The van der Waals surface area contributed by atoms with E-state index in [9.17, 15) is 9.18 Å². The third-order valence-corrected chi connectivity index (χ3v) is 2.73. The number of carbonyl (C=O) groups is 1. The van der Waals surface area contributed by atoms with Gasteiger partial charge in [0, 0.05) is 13.7 Å². The number of anilines is 2. The highest BCUT2D eigenvalue weighted by atomic mass is 19.1. The van der Waals surface area contributed by atoms with Crippen molar-refractivity contribution in [3.8, 4) is 0 Å². The van der Waals surface area contributed by atoms with Crippen molar-refractivity contribution >= 4 is 17.3 Å². The van der Waals surface area contributed by atoms with Crippen molar-refractivity contribution in [2.45, 2.75) is 18.9 Å². The second kappa shape index (κ2) is 5.14. The van der Waals surface area contributed by atoms with Gasteiger partial charge in [0.1, 0.15) is 11.9 Å². The van der Waals surface area contributed by atoms with Gasteiger partial charge in [0.15, 0.2) is 0 Å². The summed E-state index contributed by atoms with van der Waals surface area (Å²) < 4.78 is 17.9. The van der Waals surface area contributed by atoms with Crippen LogP contribution < -0.4 is 10.6 Å². The molecule has 0 aliphatic carbocycles. The Bertz CT molecular complexity index is 423. The van der Waals surface area contributed by atoms with Crippen LogP contribution in [0.25, 0.3) is 0 Å². The maximum absolute atomic E-state index is 13.0. The molecular formula is C12H15FN2O2. The van der Waals surface area contributed by atoms with Gasteiger partial charge in [-0.05, 0) is 31.0 Å². The molecule has 92 valence electrons. The Morgan fingerprint density at radius 3 is 3.00 bits per heavy atom. The molecule has 1 unspecified atom stereocenters. The predicted octanol–water partition coefficient (Wildman–Crippen LogP) is 1.98. The second-order valence-corrected chi connectivity index (χ2v) is 4.01. The number of benzene rings is 1. The summed E-state index contributed by atoms with van der Waals surface area (Å²) in [6.07, 6.45) is 1.49. The van der Waals surface area contributed by atoms with E-state index in [4.69, 9.17) is 4.74 Å². The van der Waals surface area contributed by atoms with E-state index in [1.807, 2.05) is 0 Å². The number of ether oxygens (including phenoxy) is 1. The molecule has 1 aliphatic rings. The summed E-state index contributed by atoms with van der Waals surface area (Å²) >= 11 is 0. The molecular weight excluding hydrogens is 223 g/mol. The molecule has 0 saturated heterocycles. The van der Waals surface area contributed by atoms with E-state index in [1.54, 1.807) is 13.2 Å². The number of hydrogen-bond acceptors (Lipinski definition) is 3. The van der Waals surface area contributed by atoms with Gasteiger partial charge in [0.25, 0.3) is 0 Å². The molecule has 1 heterocycles. The molecule has 0 bridgehead atoms. The topological polar surface area (TPSA) is 50.4 Å². The van der Waals surface area contributed by atoms with E-state index in [0.717, 1.165) is 12.1 Å². The summed E-state index contributed by atoms with van der Waals surface area (Å²) in [5, 5.41) is 5.79. The lowest BCUT2D eigenvalue weighted by atomic mass is 10.1. The Hall–Kier alpha value is -1.62. The van der Waals surface area contributed by atoms with E-state index in [2.05, 4.69) is 10.6 Å². The minimum Gasteiger partial charge on any atom is -0.385 e. The Kier molecular flexibility index (Phi) is 3.58. The maximum Gasteiger partial charge on any atom is 0.246 e. The maximum atomic E-state index is 13.0. The normalized spacial score (nSPS) is 18.2. The van der Waals surface area contributed by atoms with Gasteiger partial charge in [-0.15, -0.1) is 0 Å². The summed E-state index contributed by atoms with van der Waals surface area (Å²) in [5.74, 6) is -0.483. The van der Waals surface area contributed by atoms with Gasteiger partial charge >= 0.3 is 0 Å². The fraction of sp³-hybridized carbons (Fsp3) is 0.417. The molecule has 2 N–H and O–H groups in total. The van der Waals surface area contributed by atoms with Crippen molar-refractivity contribution < 1.29 is 13.9 Å². The van der Waals surface area contributed by atoms with Gasteiger partial charge in [-0.3, -0.25) is 4.79 Å². The van der Waals surface area contributed by atoms with Crippen LogP contribution in [0.4, 0.5) is 15.8 Å². The first kappa shape index (κ1) is 11.9. The molecule has 0 aromatic heterocycles. The van der Waals surface area contributed by atoms with E-state index in [-0.39, 0.29) is 17.8 Å². The van der Waals surface area contributed by atoms with Crippen LogP contribution >= 0.6 is 0 Å². The van der Waals surface area contributed by atoms with Crippen molar-refractivity contribution in [3.05, 3.63) is 24.0 Å². The molecule has 1 atom stereocenters. The van der Waals surface area contributed by atoms with Crippen LogP contribution in [0.3, 0.4) is 0 Å². The molecule has 1 aromatic rings. The zero-order valence-corrected chi connectivity index (χ0v) is 9.63. The van der Waals surface area contributed by atoms with Gasteiger partial charge in [-0.1, -0.05) is 0 Å². The number of fused-ring (bicyclic) bond motifs is 1. The number of amides is 1. The lowest BCUT2D eigenvalue weighted by Crippen LogP contribution is -2.39. The van der Waals surface area contributed by atoms with Crippen LogP contribution in [0.5, 0.6) is 0 Å². The quantitative estimate of drug-likeness (QED) is 0.789.